The molecule has 5 nitrogen and oxygen atoms in total. The zero-order valence-corrected chi connectivity index (χ0v) is 18.2. The molecule has 0 bridgehead atoms. The van der Waals surface area contributed by atoms with Crippen LogP contribution in [0.25, 0.3) is 0 Å². The van der Waals surface area contributed by atoms with Crippen LogP contribution in [0.5, 0.6) is 0 Å². The predicted octanol–water partition coefficient (Wildman–Crippen LogP) is 4.97. The van der Waals surface area contributed by atoms with Crippen molar-refractivity contribution >= 4 is 17.5 Å². The third-order valence-electron chi connectivity index (χ3n) is 5.00. The first kappa shape index (κ1) is 23.2. The van der Waals surface area contributed by atoms with Gasteiger partial charge < -0.3 is 15.4 Å². The van der Waals surface area contributed by atoms with E-state index in [0.717, 1.165) is 5.56 Å². The number of hydrogen-bond acceptors (Lipinski definition) is 3. The molecule has 0 aliphatic rings. The monoisotopic (exact) mass is 434 g/mol. The molecule has 2 N–H and O–H groups in total. The van der Waals surface area contributed by atoms with Crippen molar-refractivity contribution in [1.29, 1.82) is 0 Å². The fourth-order valence-corrected chi connectivity index (χ4v) is 3.22. The van der Waals surface area contributed by atoms with Crippen LogP contribution in [0.1, 0.15) is 38.8 Å². The van der Waals surface area contributed by atoms with Gasteiger partial charge in [-0.3, -0.25) is 9.59 Å². The van der Waals surface area contributed by atoms with E-state index in [2.05, 4.69) is 10.6 Å². The number of carbonyl (C=O) groups excluding carboxylic acids is 2. The second-order valence-electron chi connectivity index (χ2n) is 7.75. The van der Waals surface area contributed by atoms with Gasteiger partial charge in [-0.15, -0.1) is 0 Å². The van der Waals surface area contributed by atoms with Crippen molar-refractivity contribution in [3.63, 3.8) is 0 Å². The molecule has 0 radical (unpaired) electrons. The number of aryl methyl sites for hydroxylation is 1. The lowest BCUT2D eigenvalue weighted by Crippen LogP contribution is -2.31. The third-order valence-corrected chi connectivity index (χ3v) is 5.00. The highest BCUT2D eigenvalue weighted by atomic mass is 19.1. The Balaban J connectivity index is 1.58. The van der Waals surface area contributed by atoms with Gasteiger partial charge in [-0.1, -0.05) is 61.5 Å². The second kappa shape index (κ2) is 11.2. The molecule has 0 saturated heterocycles. The Morgan fingerprint density at radius 3 is 2.34 bits per heavy atom. The van der Waals surface area contributed by atoms with Gasteiger partial charge in [-0.25, -0.2) is 4.39 Å². The van der Waals surface area contributed by atoms with E-state index in [0.29, 0.717) is 36.6 Å². The molecule has 0 heterocycles. The van der Waals surface area contributed by atoms with Crippen LogP contribution in [0, 0.1) is 18.7 Å². The highest BCUT2D eigenvalue weighted by molar-refractivity contribution is 6.09. The predicted molar refractivity (Wildman–Crippen MR) is 123 cm³/mol. The topological polar surface area (TPSA) is 67.4 Å². The van der Waals surface area contributed by atoms with Gasteiger partial charge in [0, 0.05) is 6.54 Å². The average Bonchev–Trinajstić information content (AvgIpc) is 2.79. The van der Waals surface area contributed by atoms with E-state index in [4.69, 9.17) is 4.74 Å². The second-order valence-corrected chi connectivity index (χ2v) is 7.75. The highest BCUT2D eigenvalue weighted by Crippen LogP contribution is 2.22. The van der Waals surface area contributed by atoms with Gasteiger partial charge in [-0.05, 0) is 42.2 Å². The molecule has 1 unspecified atom stereocenters. The van der Waals surface area contributed by atoms with Crippen LogP contribution >= 0.6 is 0 Å². The van der Waals surface area contributed by atoms with Crippen LogP contribution in [0.15, 0.2) is 72.8 Å². The molecular formula is C26H27FN2O3. The molecule has 0 fully saturated rings. The Morgan fingerprint density at radius 2 is 1.59 bits per heavy atom. The summed E-state index contributed by atoms with van der Waals surface area (Å²) in [5, 5.41) is 5.59. The molecular weight excluding hydrogens is 407 g/mol. The fourth-order valence-electron chi connectivity index (χ4n) is 3.22. The Bertz CT molecular complexity index is 1070. The maximum Gasteiger partial charge on any atom is 0.258 e. The Hall–Kier alpha value is -3.51. The van der Waals surface area contributed by atoms with Gasteiger partial charge in [0.15, 0.2) is 0 Å². The number of para-hydroxylation sites is 1. The molecule has 0 saturated carbocycles. The number of carbonyl (C=O) groups is 2. The lowest BCUT2D eigenvalue weighted by Gasteiger charge is -2.16. The minimum absolute atomic E-state index is 0.0775. The molecule has 3 aromatic carbocycles. The van der Waals surface area contributed by atoms with Crippen LogP contribution in [0.2, 0.25) is 0 Å². The molecule has 0 aliphatic carbocycles. The summed E-state index contributed by atoms with van der Waals surface area (Å²) >= 11 is 0. The minimum atomic E-state index is -0.617. The van der Waals surface area contributed by atoms with E-state index < -0.39 is 11.7 Å². The molecule has 0 aromatic heterocycles. The van der Waals surface area contributed by atoms with Crippen molar-refractivity contribution < 1.29 is 18.7 Å². The third kappa shape index (κ3) is 6.25. The van der Waals surface area contributed by atoms with E-state index in [1.165, 1.54) is 18.2 Å². The normalized spacial score (nSPS) is 11.6. The summed E-state index contributed by atoms with van der Waals surface area (Å²) < 4.78 is 19.7. The summed E-state index contributed by atoms with van der Waals surface area (Å²) in [5.74, 6) is -1.43. The fraction of sp³-hybridized carbons (Fsp3) is 0.231. The number of hydrogen-bond donors (Lipinski definition) is 2. The Kier molecular flexibility index (Phi) is 8.11. The lowest BCUT2D eigenvalue weighted by atomic mass is 10.1. The molecule has 32 heavy (non-hydrogen) atoms. The smallest absolute Gasteiger partial charge is 0.258 e. The Morgan fingerprint density at radius 1 is 0.906 bits per heavy atom. The van der Waals surface area contributed by atoms with Gasteiger partial charge in [0.05, 0.1) is 30.0 Å². The van der Waals surface area contributed by atoms with Crippen molar-refractivity contribution in [2.75, 3.05) is 18.5 Å². The zero-order valence-electron chi connectivity index (χ0n) is 18.2. The van der Waals surface area contributed by atoms with Gasteiger partial charge in [0.25, 0.3) is 11.8 Å². The molecule has 0 spiro atoms. The van der Waals surface area contributed by atoms with Gasteiger partial charge in [-0.2, -0.15) is 0 Å². The van der Waals surface area contributed by atoms with E-state index in [9.17, 15) is 14.0 Å². The maximum absolute atomic E-state index is 14.0. The van der Waals surface area contributed by atoms with Crippen molar-refractivity contribution in [2.45, 2.75) is 20.5 Å². The highest BCUT2D eigenvalue weighted by Gasteiger charge is 2.18. The number of halogens is 1. The first-order valence-electron chi connectivity index (χ1n) is 10.5. The maximum atomic E-state index is 14.0. The van der Waals surface area contributed by atoms with Crippen LogP contribution in [-0.4, -0.2) is 25.0 Å². The summed E-state index contributed by atoms with van der Waals surface area (Å²) in [4.78, 5) is 25.4. The molecule has 0 aliphatic heterocycles. The lowest BCUT2D eigenvalue weighted by molar-refractivity contribution is 0.0844. The number of anilines is 1. The number of amides is 2. The van der Waals surface area contributed by atoms with Crippen molar-refractivity contribution in [3.05, 3.63) is 101 Å². The Labute approximate surface area is 187 Å². The summed E-state index contributed by atoms with van der Waals surface area (Å²) in [6.07, 6.45) is 0. The molecule has 2 amide bonds. The van der Waals surface area contributed by atoms with Crippen molar-refractivity contribution in [3.8, 4) is 0 Å². The largest absolute Gasteiger partial charge is 0.376 e. The molecule has 166 valence electrons. The van der Waals surface area contributed by atoms with Gasteiger partial charge in [0.1, 0.15) is 5.82 Å². The van der Waals surface area contributed by atoms with E-state index in [1.54, 1.807) is 31.2 Å². The molecule has 6 heteroatoms. The first-order chi connectivity index (χ1) is 15.5. The standard InChI is InChI=1S/C26H27FN2O3/c1-18(16-32-17-20-10-4-3-5-11-20)15-28-25(30)22-13-8-9-19(2)24(22)29-26(31)21-12-6-7-14-23(21)27/h3-14,18H,15-17H2,1-2H3,(H,28,30)(H,29,31). The van der Waals surface area contributed by atoms with Gasteiger partial charge in [0.2, 0.25) is 0 Å². The first-order valence-corrected chi connectivity index (χ1v) is 10.5. The summed E-state index contributed by atoms with van der Waals surface area (Å²) in [5.41, 5.74) is 2.42. The van der Waals surface area contributed by atoms with Crippen LogP contribution in [-0.2, 0) is 11.3 Å². The van der Waals surface area contributed by atoms with Crippen molar-refractivity contribution in [1.82, 2.24) is 5.32 Å². The SMILES string of the molecule is Cc1cccc(C(=O)NCC(C)COCc2ccccc2)c1NC(=O)c1ccccc1F. The minimum Gasteiger partial charge on any atom is -0.376 e. The van der Waals surface area contributed by atoms with E-state index in [-0.39, 0.29) is 17.4 Å². The van der Waals surface area contributed by atoms with Crippen molar-refractivity contribution in [2.24, 2.45) is 5.92 Å². The summed E-state index contributed by atoms with van der Waals surface area (Å²) in [6, 6.07) is 20.8. The van der Waals surface area contributed by atoms with Crippen LogP contribution in [0.3, 0.4) is 0 Å². The van der Waals surface area contributed by atoms with Gasteiger partial charge >= 0.3 is 0 Å². The average molecular weight is 435 g/mol. The molecule has 1 atom stereocenters. The summed E-state index contributed by atoms with van der Waals surface area (Å²) in [6.45, 7) is 5.21. The van der Waals surface area contributed by atoms with E-state index in [1.807, 2.05) is 37.3 Å². The van der Waals surface area contributed by atoms with Crippen LogP contribution < -0.4 is 10.6 Å². The van der Waals surface area contributed by atoms with Crippen LogP contribution in [0.4, 0.5) is 10.1 Å². The molecule has 3 rings (SSSR count). The summed E-state index contributed by atoms with van der Waals surface area (Å²) in [7, 11) is 0. The number of nitrogens with one attached hydrogen (secondary N) is 2. The quantitative estimate of drug-likeness (QED) is 0.500. The zero-order chi connectivity index (χ0) is 22.9. The number of benzene rings is 3. The molecule has 3 aromatic rings. The number of rotatable bonds is 9. The van der Waals surface area contributed by atoms with E-state index >= 15 is 0 Å². The number of ether oxygens (including phenoxy) is 1.